The third-order valence-corrected chi connectivity index (χ3v) is 13.4. The Hall–Kier alpha value is -4.56. The standard InChI is InChI=1S/C51H56N2/c1-36-14-13-21-45(32-36)52(43-17-9-5-10-18-43)46-30-31-51(3)48-34-42(27-29-49(48)53(50(51)35-46)44-19-11-6-12-20-44)39-22-24-40(25-23-39)47-28-26-41(33-37(47)2)38-15-7-4-8-16-38/h4-7,9-12,17-26,28-29,33-38,42,46-47H,8,13-16,27,30-32H2,1-3H3. The van der Waals surface area contributed by atoms with Gasteiger partial charge in [-0.05, 0) is 135 Å². The van der Waals surface area contributed by atoms with Crippen molar-refractivity contribution in [3.63, 3.8) is 0 Å². The topological polar surface area (TPSA) is 6.48 Å². The molecule has 0 aromatic heterocycles. The van der Waals surface area contributed by atoms with E-state index in [1.165, 1.54) is 77.3 Å². The molecule has 1 aliphatic heterocycles. The van der Waals surface area contributed by atoms with Crippen LogP contribution in [0.1, 0.15) is 102 Å². The summed E-state index contributed by atoms with van der Waals surface area (Å²) >= 11 is 0. The van der Waals surface area contributed by atoms with Crippen molar-refractivity contribution in [1.29, 1.82) is 0 Å². The highest BCUT2D eigenvalue weighted by Crippen LogP contribution is 2.59. The molecular weight excluding hydrogens is 641 g/mol. The summed E-state index contributed by atoms with van der Waals surface area (Å²) in [5, 5.41) is 0. The van der Waals surface area contributed by atoms with Crippen molar-refractivity contribution < 1.29 is 0 Å². The summed E-state index contributed by atoms with van der Waals surface area (Å²) in [4.78, 5) is 5.30. The number of nitrogens with zero attached hydrogens (tertiary/aromatic N) is 2. The van der Waals surface area contributed by atoms with E-state index in [9.17, 15) is 0 Å². The number of allylic oxidation sites excluding steroid dienone is 12. The van der Waals surface area contributed by atoms with E-state index in [4.69, 9.17) is 0 Å². The predicted molar refractivity (Wildman–Crippen MR) is 224 cm³/mol. The van der Waals surface area contributed by atoms with Gasteiger partial charge in [0.15, 0.2) is 0 Å². The van der Waals surface area contributed by atoms with Crippen LogP contribution in [-0.2, 0) is 0 Å². The van der Waals surface area contributed by atoms with E-state index in [1.54, 1.807) is 5.57 Å². The van der Waals surface area contributed by atoms with Gasteiger partial charge in [0, 0.05) is 45.7 Å². The number of anilines is 2. The fourth-order valence-electron chi connectivity index (χ4n) is 10.4. The monoisotopic (exact) mass is 696 g/mol. The zero-order chi connectivity index (χ0) is 35.9. The van der Waals surface area contributed by atoms with Crippen molar-refractivity contribution >= 4 is 11.4 Å². The maximum Gasteiger partial charge on any atom is 0.0539 e. The van der Waals surface area contributed by atoms with Crippen LogP contribution >= 0.6 is 0 Å². The number of fused-ring (bicyclic) bond motifs is 3. The zero-order valence-corrected chi connectivity index (χ0v) is 32.0. The van der Waals surface area contributed by atoms with Crippen molar-refractivity contribution in [2.75, 3.05) is 9.80 Å². The normalized spacial score (nSPS) is 30.7. The van der Waals surface area contributed by atoms with Crippen LogP contribution in [0.15, 0.2) is 168 Å². The number of benzene rings is 3. The van der Waals surface area contributed by atoms with E-state index in [0.717, 1.165) is 31.6 Å². The van der Waals surface area contributed by atoms with Gasteiger partial charge in [0.2, 0.25) is 0 Å². The average Bonchev–Trinajstić information content (AvgIpc) is 3.46. The molecule has 0 bridgehead atoms. The summed E-state index contributed by atoms with van der Waals surface area (Å²) in [6, 6.07) is 32.3. The van der Waals surface area contributed by atoms with Crippen molar-refractivity contribution in [2.45, 2.75) is 96.4 Å². The van der Waals surface area contributed by atoms with E-state index in [2.05, 4.69) is 170 Å². The third-order valence-electron chi connectivity index (χ3n) is 13.4. The van der Waals surface area contributed by atoms with Gasteiger partial charge in [0.1, 0.15) is 0 Å². The highest BCUT2D eigenvalue weighted by molar-refractivity contribution is 5.73. The van der Waals surface area contributed by atoms with E-state index in [0.29, 0.717) is 29.7 Å². The number of hydrogen-bond acceptors (Lipinski definition) is 2. The highest BCUT2D eigenvalue weighted by atomic mass is 15.2. The summed E-state index contributed by atoms with van der Waals surface area (Å²) in [6.07, 6.45) is 33.2. The van der Waals surface area contributed by atoms with Crippen molar-refractivity contribution in [2.24, 2.45) is 23.2 Å². The molecule has 2 nitrogen and oxygen atoms in total. The highest BCUT2D eigenvalue weighted by Gasteiger charge is 2.50. The summed E-state index contributed by atoms with van der Waals surface area (Å²) in [7, 11) is 0. The van der Waals surface area contributed by atoms with Gasteiger partial charge in [-0.1, -0.05) is 123 Å². The molecular formula is C51H56N2. The second kappa shape index (κ2) is 14.3. The predicted octanol–water partition coefficient (Wildman–Crippen LogP) is 13.3. The molecule has 0 N–H and O–H groups in total. The van der Waals surface area contributed by atoms with Gasteiger partial charge < -0.3 is 9.80 Å². The van der Waals surface area contributed by atoms with Gasteiger partial charge in [0.05, 0.1) is 6.04 Å². The molecule has 1 heterocycles. The first-order valence-corrected chi connectivity index (χ1v) is 20.6. The molecule has 1 fully saturated rings. The fourth-order valence-corrected chi connectivity index (χ4v) is 10.4. The summed E-state index contributed by atoms with van der Waals surface area (Å²) in [5.41, 5.74) is 12.8. The minimum Gasteiger partial charge on any atom is -0.338 e. The lowest BCUT2D eigenvalue weighted by Crippen LogP contribution is -2.40. The zero-order valence-electron chi connectivity index (χ0n) is 32.0. The minimum atomic E-state index is -0.0339. The Kier molecular flexibility index (Phi) is 9.27. The quantitative estimate of drug-likeness (QED) is 0.227. The molecule has 7 unspecified atom stereocenters. The molecule has 9 rings (SSSR count). The molecule has 2 heteroatoms. The Morgan fingerprint density at radius 1 is 0.736 bits per heavy atom. The van der Waals surface area contributed by atoms with Crippen LogP contribution in [0.2, 0.25) is 0 Å². The van der Waals surface area contributed by atoms with Crippen LogP contribution in [0.25, 0.3) is 0 Å². The molecule has 3 aromatic carbocycles. The van der Waals surface area contributed by atoms with Crippen LogP contribution in [0, 0.1) is 23.2 Å². The molecule has 6 aliphatic rings. The second-order valence-electron chi connectivity index (χ2n) is 17.0. The summed E-state index contributed by atoms with van der Waals surface area (Å²) in [6.45, 7) is 7.36. The van der Waals surface area contributed by atoms with Crippen molar-refractivity contribution in [3.8, 4) is 0 Å². The molecule has 7 atom stereocenters. The first kappa shape index (κ1) is 34.2. The fraction of sp³-hybridized carbons (Fsp3) is 0.373. The number of rotatable bonds is 7. The Balaban J connectivity index is 1.02. The average molecular weight is 697 g/mol. The largest absolute Gasteiger partial charge is 0.338 e. The van der Waals surface area contributed by atoms with Crippen LogP contribution < -0.4 is 9.80 Å². The van der Waals surface area contributed by atoms with Gasteiger partial charge in [-0.25, -0.2) is 0 Å². The summed E-state index contributed by atoms with van der Waals surface area (Å²) in [5.74, 6) is 2.76. The van der Waals surface area contributed by atoms with Crippen molar-refractivity contribution in [3.05, 3.63) is 179 Å². The van der Waals surface area contributed by atoms with E-state index in [1.807, 2.05) is 0 Å². The van der Waals surface area contributed by atoms with E-state index < -0.39 is 0 Å². The van der Waals surface area contributed by atoms with E-state index in [-0.39, 0.29) is 5.41 Å². The first-order valence-electron chi connectivity index (χ1n) is 20.6. The van der Waals surface area contributed by atoms with E-state index >= 15 is 0 Å². The van der Waals surface area contributed by atoms with Gasteiger partial charge >= 0.3 is 0 Å². The Labute approximate surface area is 318 Å². The molecule has 270 valence electrons. The molecule has 0 radical (unpaired) electrons. The molecule has 0 spiro atoms. The van der Waals surface area contributed by atoms with Gasteiger partial charge in [0.25, 0.3) is 0 Å². The Bertz CT molecular complexity index is 2020. The smallest absolute Gasteiger partial charge is 0.0539 e. The maximum absolute atomic E-state index is 2.69. The second-order valence-corrected chi connectivity index (χ2v) is 17.0. The van der Waals surface area contributed by atoms with Crippen LogP contribution in [-0.4, -0.2) is 6.04 Å². The minimum absolute atomic E-state index is 0.0339. The van der Waals surface area contributed by atoms with Crippen LogP contribution in [0.3, 0.4) is 0 Å². The Morgan fingerprint density at radius 2 is 1.51 bits per heavy atom. The van der Waals surface area contributed by atoms with Crippen molar-refractivity contribution in [1.82, 2.24) is 0 Å². The molecule has 1 saturated heterocycles. The number of hydrogen-bond donors (Lipinski definition) is 0. The molecule has 53 heavy (non-hydrogen) atoms. The number of para-hydroxylation sites is 2. The first-order chi connectivity index (χ1) is 26.0. The lowest BCUT2D eigenvalue weighted by Gasteiger charge is -2.43. The van der Waals surface area contributed by atoms with Gasteiger partial charge in [-0.3, -0.25) is 0 Å². The molecule has 0 saturated carbocycles. The molecule has 5 aliphatic carbocycles. The van der Waals surface area contributed by atoms with Crippen LogP contribution in [0.5, 0.6) is 0 Å². The maximum atomic E-state index is 2.69. The third kappa shape index (κ3) is 6.43. The summed E-state index contributed by atoms with van der Waals surface area (Å²) < 4.78 is 0. The SMILES string of the molecule is CC1CCC=C(N(c2ccccc2)C2C=C3N(c4ccccc4)C4=CCC(c5ccc(C6C=CC(C7CC=CCC7)=CC6C)cc5)C=C4C3(C)CC2)C1. The van der Waals surface area contributed by atoms with Gasteiger partial charge in [-0.2, -0.15) is 0 Å². The molecule has 3 aromatic rings. The lowest BCUT2D eigenvalue weighted by atomic mass is 9.70. The molecule has 0 amide bonds. The van der Waals surface area contributed by atoms with Crippen LogP contribution in [0.4, 0.5) is 11.4 Å². The van der Waals surface area contributed by atoms with Gasteiger partial charge in [-0.15, -0.1) is 0 Å². The Morgan fingerprint density at radius 3 is 2.25 bits per heavy atom. The lowest BCUT2D eigenvalue weighted by molar-refractivity contribution is 0.395.